The van der Waals surface area contributed by atoms with Crippen molar-refractivity contribution in [2.75, 3.05) is 26.2 Å². The summed E-state index contributed by atoms with van der Waals surface area (Å²) in [6.07, 6.45) is 6.47. The zero-order valence-electron chi connectivity index (χ0n) is 11.5. The molecule has 0 radical (unpaired) electrons. The first-order valence-corrected chi connectivity index (χ1v) is 7.26. The van der Waals surface area contributed by atoms with Gasteiger partial charge in [-0.05, 0) is 44.7 Å². The van der Waals surface area contributed by atoms with Gasteiger partial charge in [0.25, 0.3) is 0 Å². The van der Waals surface area contributed by atoms with E-state index in [0.717, 1.165) is 51.9 Å². The molecule has 1 heterocycles. The lowest BCUT2D eigenvalue weighted by Gasteiger charge is -2.30. The second kappa shape index (κ2) is 8.51. The molecular formula is C14H28N2O. The van der Waals surface area contributed by atoms with Crippen molar-refractivity contribution in [2.24, 2.45) is 5.92 Å². The Morgan fingerprint density at radius 1 is 1.35 bits per heavy atom. The van der Waals surface area contributed by atoms with Crippen LogP contribution >= 0.6 is 0 Å². The van der Waals surface area contributed by atoms with Crippen molar-refractivity contribution in [3.8, 4) is 0 Å². The maximum Gasteiger partial charge on any atom is 0.222 e. The van der Waals surface area contributed by atoms with Gasteiger partial charge in [0, 0.05) is 19.5 Å². The Morgan fingerprint density at radius 2 is 2.18 bits per heavy atom. The largest absolute Gasteiger partial charge is 0.342 e. The highest BCUT2D eigenvalue weighted by atomic mass is 16.2. The zero-order valence-corrected chi connectivity index (χ0v) is 11.5. The average Bonchev–Trinajstić information content (AvgIpc) is 2.36. The Bertz CT molecular complexity index is 212. The molecule has 3 heteroatoms. The normalized spacial score (nSPS) is 20.2. The molecule has 1 saturated heterocycles. The Morgan fingerprint density at radius 3 is 2.76 bits per heavy atom. The van der Waals surface area contributed by atoms with Gasteiger partial charge in [0.15, 0.2) is 0 Å². The number of rotatable bonds is 7. The van der Waals surface area contributed by atoms with Crippen LogP contribution in [0.4, 0.5) is 0 Å². The Hall–Kier alpha value is -0.570. The van der Waals surface area contributed by atoms with Crippen LogP contribution in [0.15, 0.2) is 0 Å². The molecule has 1 fully saturated rings. The zero-order chi connectivity index (χ0) is 12.5. The van der Waals surface area contributed by atoms with Crippen molar-refractivity contribution in [2.45, 2.75) is 52.4 Å². The molecule has 0 aromatic rings. The summed E-state index contributed by atoms with van der Waals surface area (Å²) in [5.74, 6) is 1.03. The molecule has 1 atom stereocenters. The standard InChI is InChI=1S/C14H28N2O/c1-3-5-8-14(17)16(10-4-2)12-13-7-6-9-15-11-13/h13,15H,3-12H2,1-2H3. The summed E-state index contributed by atoms with van der Waals surface area (Å²) in [5, 5.41) is 3.43. The fourth-order valence-corrected chi connectivity index (χ4v) is 2.47. The number of amides is 1. The summed E-state index contributed by atoms with van der Waals surface area (Å²) >= 11 is 0. The van der Waals surface area contributed by atoms with Crippen molar-refractivity contribution in [1.29, 1.82) is 0 Å². The molecule has 17 heavy (non-hydrogen) atoms. The minimum Gasteiger partial charge on any atom is -0.342 e. The third kappa shape index (κ3) is 5.53. The molecule has 0 aliphatic carbocycles. The molecular weight excluding hydrogens is 212 g/mol. The van der Waals surface area contributed by atoms with E-state index in [1.165, 1.54) is 12.8 Å². The van der Waals surface area contributed by atoms with Gasteiger partial charge in [0.05, 0.1) is 0 Å². The first kappa shape index (κ1) is 14.5. The van der Waals surface area contributed by atoms with Gasteiger partial charge in [-0.2, -0.15) is 0 Å². The van der Waals surface area contributed by atoms with E-state index in [-0.39, 0.29) is 0 Å². The number of piperidine rings is 1. The van der Waals surface area contributed by atoms with Gasteiger partial charge in [-0.25, -0.2) is 0 Å². The van der Waals surface area contributed by atoms with Crippen LogP contribution in [0.1, 0.15) is 52.4 Å². The molecule has 3 nitrogen and oxygen atoms in total. The van der Waals surface area contributed by atoms with Gasteiger partial charge in [0.2, 0.25) is 5.91 Å². The highest BCUT2D eigenvalue weighted by molar-refractivity contribution is 5.76. The number of nitrogens with one attached hydrogen (secondary N) is 1. The van der Waals surface area contributed by atoms with E-state index >= 15 is 0 Å². The highest BCUT2D eigenvalue weighted by Gasteiger charge is 2.19. The molecule has 0 saturated carbocycles. The molecule has 0 bridgehead atoms. The van der Waals surface area contributed by atoms with Crippen molar-refractivity contribution in [3.05, 3.63) is 0 Å². The molecule has 1 N–H and O–H groups in total. The average molecular weight is 240 g/mol. The lowest BCUT2D eigenvalue weighted by Crippen LogP contribution is -2.41. The van der Waals surface area contributed by atoms with E-state index in [9.17, 15) is 4.79 Å². The van der Waals surface area contributed by atoms with Crippen molar-refractivity contribution >= 4 is 5.91 Å². The molecule has 100 valence electrons. The molecule has 1 amide bonds. The monoisotopic (exact) mass is 240 g/mol. The van der Waals surface area contributed by atoms with Crippen LogP contribution in [-0.4, -0.2) is 37.0 Å². The number of carbonyl (C=O) groups excluding carboxylic acids is 1. The van der Waals surface area contributed by atoms with E-state index < -0.39 is 0 Å². The number of nitrogens with zero attached hydrogens (tertiary/aromatic N) is 1. The maximum atomic E-state index is 12.1. The van der Waals surface area contributed by atoms with Gasteiger partial charge in [-0.3, -0.25) is 4.79 Å². The van der Waals surface area contributed by atoms with Crippen molar-refractivity contribution in [1.82, 2.24) is 10.2 Å². The Labute approximate surface area is 106 Å². The lowest BCUT2D eigenvalue weighted by molar-refractivity contribution is -0.132. The first-order chi connectivity index (χ1) is 8.27. The minimum absolute atomic E-state index is 0.360. The molecule has 0 spiro atoms. The van der Waals surface area contributed by atoms with E-state index in [1.807, 2.05) is 0 Å². The molecule has 1 rings (SSSR count). The quantitative estimate of drug-likeness (QED) is 0.741. The first-order valence-electron chi connectivity index (χ1n) is 7.26. The minimum atomic E-state index is 0.360. The van der Waals surface area contributed by atoms with Gasteiger partial charge in [0.1, 0.15) is 0 Å². The van der Waals surface area contributed by atoms with E-state index in [1.54, 1.807) is 0 Å². The summed E-state index contributed by atoms with van der Waals surface area (Å²) in [5.41, 5.74) is 0. The van der Waals surface area contributed by atoms with E-state index in [4.69, 9.17) is 0 Å². The van der Waals surface area contributed by atoms with E-state index in [0.29, 0.717) is 11.8 Å². The smallest absolute Gasteiger partial charge is 0.222 e. The summed E-state index contributed by atoms with van der Waals surface area (Å²) in [7, 11) is 0. The number of hydrogen-bond acceptors (Lipinski definition) is 2. The molecule has 0 aromatic carbocycles. The van der Waals surface area contributed by atoms with Gasteiger partial charge < -0.3 is 10.2 Å². The third-order valence-corrected chi connectivity index (χ3v) is 3.47. The van der Waals surface area contributed by atoms with Crippen LogP contribution in [0.2, 0.25) is 0 Å². The summed E-state index contributed by atoms with van der Waals surface area (Å²) < 4.78 is 0. The second-order valence-corrected chi connectivity index (χ2v) is 5.16. The Kier molecular flexibility index (Phi) is 7.25. The molecule has 0 aromatic heterocycles. The van der Waals surface area contributed by atoms with Crippen LogP contribution in [0.3, 0.4) is 0 Å². The number of carbonyl (C=O) groups is 1. The van der Waals surface area contributed by atoms with Crippen molar-refractivity contribution in [3.63, 3.8) is 0 Å². The van der Waals surface area contributed by atoms with Gasteiger partial charge >= 0.3 is 0 Å². The third-order valence-electron chi connectivity index (χ3n) is 3.47. The van der Waals surface area contributed by atoms with Crippen LogP contribution in [0.5, 0.6) is 0 Å². The number of unbranched alkanes of at least 4 members (excludes halogenated alkanes) is 1. The van der Waals surface area contributed by atoms with E-state index in [2.05, 4.69) is 24.1 Å². The summed E-state index contributed by atoms with van der Waals surface area (Å²) in [4.78, 5) is 14.2. The summed E-state index contributed by atoms with van der Waals surface area (Å²) in [6.45, 7) is 8.42. The fourth-order valence-electron chi connectivity index (χ4n) is 2.47. The fraction of sp³-hybridized carbons (Fsp3) is 0.929. The molecule has 1 aliphatic heterocycles. The highest BCUT2D eigenvalue weighted by Crippen LogP contribution is 2.13. The van der Waals surface area contributed by atoms with Crippen LogP contribution in [-0.2, 0) is 4.79 Å². The summed E-state index contributed by atoms with van der Waals surface area (Å²) in [6, 6.07) is 0. The van der Waals surface area contributed by atoms with Gasteiger partial charge in [-0.15, -0.1) is 0 Å². The van der Waals surface area contributed by atoms with Crippen LogP contribution in [0, 0.1) is 5.92 Å². The second-order valence-electron chi connectivity index (χ2n) is 5.16. The number of hydrogen-bond donors (Lipinski definition) is 1. The topological polar surface area (TPSA) is 32.3 Å². The Balaban J connectivity index is 2.37. The predicted molar refractivity (Wildman–Crippen MR) is 72.0 cm³/mol. The SMILES string of the molecule is CCCCC(=O)N(CCC)CC1CCCNC1. The van der Waals surface area contributed by atoms with Crippen LogP contribution < -0.4 is 5.32 Å². The lowest BCUT2D eigenvalue weighted by atomic mass is 9.99. The molecule has 1 unspecified atom stereocenters. The van der Waals surface area contributed by atoms with Crippen LogP contribution in [0.25, 0.3) is 0 Å². The van der Waals surface area contributed by atoms with Gasteiger partial charge in [-0.1, -0.05) is 20.3 Å². The van der Waals surface area contributed by atoms with Crippen molar-refractivity contribution < 1.29 is 4.79 Å². The predicted octanol–water partition coefficient (Wildman–Crippen LogP) is 2.41. The maximum absolute atomic E-state index is 12.1. The molecule has 1 aliphatic rings.